The van der Waals surface area contributed by atoms with Crippen molar-refractivity contribution >= 4 is 22.6 Å². The summed E-state index contributed by atoms with van der Waals surface area (Å²) in [5.74, 6) is 0.665. The van der Waals surface area contributed by atoms with Gasteiger partial charge in [-0.25, -0.2) is 4.68 Å². The molecule has 22 heavy (non-hydrogen) atoms. The molecule has 0 aliphatic heterocycles. The number of hydrogen-bond acceptors (Lipinski definition) is 5. The maximum atomic E-state index is 5.91. The zero-order chi connectivity index (χ0) is 14.9. The number of tetrazole rings is 1. The Morgan fingerprint density at radius 3 is 2.59 bits per heavy atom. The minimum Gasteiger partial charge on any atom is -0.237 e. The lowest BCUT2D eigenvalue weighted by molar-refractivity contribution is 0.625. The van der Waals surface area contributed by atoms with Crippen LogP contribution in [0.25, 0.3) is 16.7 Å². The van der Waals surface area contributed by atoms with E-state index in [-0.39, 0.29) is 0 Å². The summed E-state index contributed by atoms with van der Waals surface area (Å²) in [6.45, 7) is 0.427. The van der Waals surface area contributed by atoms with Crippen LogP contribution >= 0.6 is 11.6 Å². The molecule has 2 aromatic carbocycles. The third-order valence-electron chi connectivity index (χ3n) is 3.32. The van der Waals surface area contributed by atoms with E-state index in [9.17, 15) is 0 Å². The van der Waals surface area contributed by atoms with E-state index in [1.807, 2.05) is 36.4 Å². The molecule has 0 aliphatic carbocycles. The standard InChI is InChI=1S/C14H10ClN7/c15-10-5-7-11(8-6-10)22-14(17-18-20-22)9-21-13-4-2-1-3-12(13)16-19-21/h1-8H,9H2. The molecule has 2 heterocycles. The second-order valence-corrected chi connectivity index (χ2v) is 5.16. The van der Waals surface area contributed by atoms with Crippen molar-refractivity contribution in [3.05, 3.63) is 59.4 Å². The van der Waals surface area contributed by atoms with Crippen LogP contribution in [0.4, 0.5) is 0 Å². The van der Waals surface area contributed by atoms with Gasteiger partial charge < -0.3 is 0 Å². The van der Waals surface area contributed by atoms with Crippen LogP contribution < -0.4 is 0 Å². The molecule has 0 spiro atoms. The highest BCUT2D eigenvalue weighted by atomic mass is 35.5. The van der Waals surface area contributed by atoms with Crippen LogP contribution in [0.1, 0.15) is 5.82 Å². The molecule has 4 rings (SSSR count). The fraction of sp³-hybridized carbons (Fsp3) is 0.0714. The summed E-state index contributed by atoms with van der Waals surface area (Å²) in [6.07, 6.45) is 0. The van der Waals surface area contributed by atoms with E-state index in [1.54, 1.807) is 21.5 Å². The molecule has 0 saturated carbocycles. The normalized spacial score (nSPS) is 11.1. The molecule has 0 radical (unpaired) electrons. The minimum atomic E-state index is 0.427. The lowest BCUT2D eigenvalue weighted by Gasteiger charge is -2.05. The summed E-state index contributed by atoms with van der Waals surface area (Å²) in [5, 5.41) is 20.8. The van der Waals surface area contributed by atoms with E-state index in [4.69, 9.17) is 11.6 Å². The Balaban J connectivity index is 1.72. The molecule has 0 aliphatic rings. The number of nitrogens with zero attached hydrogens (tertiary/aromatic N) is 7. The van der Waals surface area contributed by atoms with Gasteiger partial charge in [-0.15, -0.1) is 10.2 Å². The van der Waals surface area contributed by atoms with E-state index in [0.717, 1.165) is 16.7 Å². The lowest BCUT2D eigenvalue weighted by Crippen LogP contribution is -2.09. The minimum absolute atomic E-state index is 0.427. The van der Waals surface area contributed by atoms with Crippen molar-refractivity contribution in [3.8, 4) is 5.69 Å². The number of fused-ring (bicyclic) bond motifs is 1. The van der Waals surface area contributed by atoms with E-state index in [2.05, 4.69) is 25.8 Å². The average molecular weight is 312 g/mol. The molecular formula is C14H10ClN7. The Morgan fingerprint density at radius 1 is 0.909 bits per heavy atom. The summed E-state index contributed by atoms with van der Waals surface area (Å²) >= 11 is 5.91. The summed E-state index contributed by atoms with van der Waals surface area (Å²) in [5.41, 5.74) is 2.62. The molecule has 0 amide bonds. The molecule has 0 fully saturated rings. The topological polar surface area (TPSA) is 74.3 Å². The van der Waals surface area contributed by atoms with Gasteiger partial charge in [0.2, 0.25) is 0 Å². The van der Waals surface area contributed by atoms with Gasteiger partial charge in [-0.3, -0.25) is 0 Å². The molecule has 7 nitrogen and oxygen atoms in total. The largest absolute Gasteiger partial charge is 0.237 e. The second-order valence-electron chi connectivity index (χ2n) is 4.72. The van der Waals surface area contributed by atoms with Gasteiger partial charge in [-0.2, -0.15) is 4.68 Å². The molecule has 0 atom stereocenters. The van der Waals surface area contributed by atoms with E-state index in [1.165, 1.54) is 0 Å². The van der Waals surface area contributed by atoms with Crippen molar-refractivity contribution in [2.45, 2.75) is 6.54 Å². The Hall–Kier alpha value is -2.80. The van der Waals surface area contributed by atoms with Crippen LogP contribution in [0.2, 0.25) is 5.02 Å². The quantitative estimate of drug-likeness (QED) is 0.579. The molecule has 0 saturated heterocycles. The highest BCUT2D eigenvalue weighted by molar-refractivity contribution is 6.30. The number of aromatic nitrogens is 7. The Morgan fingerprint density at radius 2 is 1.73 bits per heavy atom. The predicted octanol–water partition coefficient (Wildman–Crippen LogP) is 2.11. The van der Waals surface area contributed by atoms with Gasteiger partial charge in [0.15, 0.2) is 5.82 Å². The molecule has 2 aromatic heterocycles. The lowest BCUT2D eigenvalue weighted by atomic mass is 10.3. The molecule has 0 unspecified atom stereocenters. The van der Waals surface area contributed by atoms with Gasteiger partial charge in [0.25, 0.3) is 0 Å². The zero-order valence-corrected chi connectivity index (χ0v) is 12.1. The third kappa shape index (κ3) is 2.21. The summed E-state index contributed by atoms with van der Waals surface area (Å²) in [7, 11) is 0. The average Bonchev–Trinajstić information content (AvgIpc) is 3.16. The SMILES string of the molecule is Clc1ccc(-n2nnnc2Cn2nnc3ccccc32)cc1. The predicted molar refractivity (Wildman–Crippen MR) is 80.8 cm³/mol. The highest BCUT2D eigenvalue weighted by Gasteiger charge is 2.11. The van der Waals surface area contributed by atoms with Crippen molar-refractivity contribution in [3.63, 3.8) is 0 Å². The summed E-state index contributed by atoms with van der Waals surface area (Å²) in [6, 6.07) is 15.1. The van der Waals surface area contributed by atoms with E-state index in [0.29, 0.717) is 17.4 Å². The van der Waals surface area contributed by atoms with Gasteiger partial charge in [0.1, 0.15) is 12.1 Å². The van der Waals surface area contributed by atoms with Crippen LogP contribution in [0.5, 0.6) is 0 Å². The Kier molecular flexibility index (Phi) is 3.05. The smallest absolute Gasteiger partial charge is 0.178 e. The molecule has 8 heteroatoms. The first-order valence-electron chi connectivity index (χ1n) is 6.63. The van der Waals surface area contributed by atoms with E-state index < -0.39 is 0 Å². The van der Waals surface area contributed by atoms with Crippen LogP contribution in [0, 0.1) is 0 Å². The molecule has 4 aromatic rings. The van der Waals surface area contributed by atoms with Gasteiger partial charge in [0.05, 0.1) is 11.2 Å². The van der Waals surface area contributed by atoms with Crippen LogP contribution in [0.3, 0.4) is 0 Å². The summed E-state index contributed by atoms with van der Waals surface area (Å²) in [4.78, 5) is 0. The number of para-hydroxylation sites is 1. The van der Waals surface area contributed by atoms with Crippen molar-refractivity contribution < 1.29 is 0 Å². The first-order chi connectivity index (χ1) is 10.8. The second kappa shape index (κ2) is 5.19. The number of rotatable bonds is 3. The molecular weight excluding hydrogens is 302 g/mol. The maximum Gasteiger partial charge on any atom is 0.178 e. The monoisotopic (exact) mass is 311 g/mol. The van der Waals surface area contributed by atoms with Crippen molar-refractivity contribution in [2.75, 3.05) is 0 Å². The highest BCUT2D eigenvalue weighted by Crippen LogP contribution is 2.15. The van der Waals surface area contributed by atoms with Gasteiger partial charge >= 0.3 is 0 Å². The first-order valence-corrected chi connectivity index (χ1v) is 7.00. The fourth-order valence-electron chi connectivity index (χ4n) is 2.26. The number of hydrogen-bond donors (Lipinski definition) is 0. The van der Waals surface area contributed by atoms with Crippen LogP contribution in [-0.2, 0) is 6.54 Å². The van der Waals surface area contributed by atoms with Gasteiger partial charge in [-0.05, 0) is 46.8 Å². The van der Waals surface area contributed by atoms with Gasteiger partial charge in [-0.1, -0.05) is 28.9 Å². The first kappa shape index (κ1) is 12.9. The Bertz CT molecular complexity index is 926. The zero-order valence-electron chi connectivity index (χ0n) is 11.3. The fourth-order valence-corrected chi connectivity index (χ4v) is 2.38. The van der Waals surface area contributed by atoms with Crippen molar-refractivity contribution in [1.29, 1.82) is 0 Å². The van der Waals surface area contributed by atoms with Crippen LogP contribution in [-0.4, -0.2) is 35.2 Å². The summed E-state index contributed by atoms with van der Waals surface area (Å²) < 4.78 is 3.43. The third-order valence-corrected chi connectivity index (χ3v) is 3.57. The van der Waals surface area contributed by atoms with E-state index >= 15 is 0 Å². The molecule has 0 bridgehead atoms. The number of halogens is 1. The Labute approximate surface area is 130 Å². The molecule has 108 valence electrons. The van der Waals surface area contributed by atoms with Crippen molar-refractivity contribution in [1.82, 2.24) is 35.2 Å². The van der Waals surface area contributed by atoms with Crippen molar-refractivity contribution in [2.24, 2.45) is 0 Å². The maximum absolute atomic E-state index is 5.91. The van der Waals surface area contributed by atoms with Crippen LogP contribution in [0.15, 0.2) is 48.5 Å². The van der Waals surface area contributed by atoms with Gasteiger partial charge in [0, 0.05) is 5.02 Å². The molecule has 0 N–H and O–H groups in total. The number of benzene rings is 2.